The lowest BCUT2D eigenvalue weighted by Gasteiger charge is -2.19. The van der Waals surface area contributed by atoms with Crippen LogP contribution in [0.1, 0.15) is 15.9 Å². The molecule has 4 nitrogen and oxygen atoms in total. The fourth-order valence-electron chi connectivity index (χ4n) is 4.02. The highest BCUT2D eigenvalue weighted by Gasteiger charge is 2.34. The van der Waals surface area contributed by atoms with Gasteiger partial charge in [-0.25, -0.2) is 0 Å². The van der Waals surface area contributed by atoms with Crippen LogP contribution < -0.4 is 5.32 Å². The molecular formula is C28H24BrClF3N3O. The highest BCUT2D eigenvalue weighted by Crippen LogP contribution is 2.40. The minimum atomic E-state index is -4.55. The normalized spacial score (nSPS) is 11.7. The molecule has 0 aliphatic heterocycles. The summed E-state index contributed by atoms with van der Waals surface area (Å²) >= 11 is 9.90. The maximum Gasteiger partial charge on any atom is 0.418 e. The van der Waals surface area contributed by atoms with E-state index in [9.17, 15) is 18.0 Å². The lowest BCUT2D eigenvalue weighted by Crippen LogP contribution is -2.31. The first kappa shape index (κ1) is 27.0. The van der Waals surface area contributed by atoms with Gasteiger partial charge >= 0.3 is 6.18 Å². The Morgan fingerprint density at radius 3 is 2.19 bits per heavy atom. The van der Waals surface area contributed by atoms with Crippen LogP contribution in [0.5, 0.6) is 0 Å². The van der Waals surface area contributed by atoms with Gasteiger partial charge in [0.1, 0.15) is 0 Å². The third-order valence-corrected chi connectivity index (χ3v) is 6.67. The van der Waals surface area contributed by atoms with Crippen molar-refractivity contribution in [3.63, 3.8) is 0 Å². The average Bonchev–Trinajstić information content (AvgIpc) is 3.28. The number of amides is 1. The molecule has 0 radical (unpaired) electrons. The van der Waals surface area contributed by atoms with E-state index in [1.54, 1.807) is 41.0 Å². The molecule has 1 aromatic heterocycles. The van der Waals surface area contributed by atoms with E-state index in [-0.39, 0.29) is 16.6 Å². The number of carbonyl (C=O) groups excluding carboxylic acids is 1. The van der Waals surface area contributed by atoms with Crippen LogP contribution in [0.15, 0.2) is 83.3 Å². The number of nitrogens with one attached hydrogen (secondary N) is 1. The molecule has 1 heterocycles. The fourth-order valence-corrected chi connectivity index (χ4v) is 4.55. The second-order valence-corrected chi connectivity index (χ2v) is 10.0. The minimum Gasteiger partial charge on any atom is -0.351 e. The van der Waals surface area contributed by atoms with Gasteiger partial charge in [-0.05, 0) is 68.2 Å². The van der Waals surface area contributed by atoms with Crippen LogP contribution in [-0.2, 0) is 6.18 Å². The molecule has 4 rings (SSSR count). The van der Waals surface area contributed by atoms with Crippen LogP contribution in [0.3, 0.4) is 0 Å². The highest BCUT2D eigenvalue weighted by molar-refractivity contribution is 9.10. The van der Waals surface area contributed by atoms with Crippen molar-refractivity contribution in [3.05, 3.63) is 99.5 Å². The number of likely N-dealkylation sites (N-methyl/N-ethyl adjacent to an activating group) is 1. The van der Waals surface area contributed by atoms with Crippen LogP contribution in [0.25, 0.3) is 28.2 Å². The summed E-state index contributed by atoms with van der Waals surface area (Å²) in [6, 6.07) is 21.2. The van der Waals surface area contributed by atoms with Crippen molar-refractivity contribution >= 4 is 33.4 Å². The van der Waals surface area contributed by atoms with E-state index >= 15 is 0 Å². The van der Waals surface area contributed by atoms with Crippen LogP contribution in [-0.4, -0.2) is 42.6 Å². The number of benzene rings is 3. The standard InChI is InChI=1S/C28H24BrClF3N3O/c1-35(2)16-15-34-27(37)21-12-9-19(17-23(21)30)25-14-13-24(18-7-10-20(29)11-8-18)36(25)26-6-4-3-5-22(26)28(31,32)33/h3-14,17H,15-16H2,1-2H3,(H,34,37). The molecule has 192 valence electrons. The molecule has 4 aromatic rings. The highest BCUT2D eigenvalue weighted by atomic mass is 79.9. The molecule has 0 unspecified atom stereocenters. The van der Waals surface area contributed by atoms with Gasteiger partial charge in [0.15, 0.2) is 0 Å². The summed E-state index contributed by atoms with van der Waals surface area (Å²) in [6.07, 6.45) is -4.55. The van der Waals surface area contributed by atoms with E-state index in [1.807, 2.05) is 43.3 Å². The van der Waals surface area contributed by atoms with Crippen LogP contribution >= 0.6 is 27.5 Å². The first-order chi connectivity index (χ1) is 17.6. The van der Waals surface area contributed by atoms with Gasteiger partial charge in [0.25, 0.3) is 5.91 Å². The van der Waals surface area contributed by atoms with E-state index in [0.717, 1.165) is 16.1 Å². The Morgan fingerprint density at radius 1 is 0.946 bits per heavy atom. The monoisotopic (exact) mass is 589 g/mol. The third-order valence-electron chi connectivity index (χ3n) is 5.83. The number of alkyl halides is 3. The molecule has 9 heteroatoms. The lowest BCUT2D eigenvalue weighted by atomic mass is 10.1. The number of hydrogen-bond donors (Lipinski definition) is 1. The Balaban J connectivity index is 1.83. The van der Waals surface area contributed by atoms with Crippen molar-refractivity contribution in [2.45, 2.75) is 6.18 Å². The largest absolute Gasteiger partial charge is 0.418 e. The molecule has 1 N–H and O–H groups in total. The summed E-state index contributed by atoms with van der Waals surface area (Å²) in [6.45, 7) is 1.13. The molecule has 37 heavy (non-hydrogen) atoms. The predicted molar refractivity (Wildman–Crippen MR) is 145 cm³/mol. The maximum atomic E-state index is 14.0. The number of aromatic nitrogens is 1. The van der Waals surface area contributed by atoms with Crippen LogP contribution in [0.2, 0.25) is 5.02 Å². The van der Waals surface area contributed by atoms with Gasteiger partial charge < -0.3 is 14.8 Å². The number of carbonyl (C=O) groups is 1. The number of halogens is 5. The van der Waals surface area contributed by atoms with E-state index in [0.29, 0.717) is 35.6 Å². The van der Waals surface area contributed by atoms with Crippen molar-refractivity contribution in [1.82, 2.24) is 14.8 Å². The summed E-state index contributed by atoms with van der Waals surface area (Å²) in [4.78, 5) is 14.6. The molecule has 0 aliphatic rings. The Bertz CT molecular complexity index is 1420. The first-order valence-corrected chi connectivity index (χ1v) is 12.6. The Hall–Kier alpha value is -3.07. The van der Waals surface area contributed by atoms with Crippen LogP contribution in [0, 0.1) is 0 Å². The van der Waals surface area contributed by atoms with Crippen molar-refractivity contribution in [1.29, 1.82) is 0 Å². The number of nitrogens with zero attached hydrogens (tertiary/aromatic N) is 2. The van der Waals surface area contributed by atoms with Gasteiger partial charge in [0, 0.05) is 23.1 Å². The van der Waals surface area contributed by atoms with Gasteiger partial charge in [0.2, 0.25) is 0 Å². The van der Waals surface area contributed by atoms with Gasteiger partial charge in [-0.15, -0.1) is 0 Å². The zero-order chi connectivity index (χ0) is 26.7. The molecule has 0 aliphatic carbocycles. The fraction of sp³-hybridized carbons (Fsp3) is 0.179. The molecular weight excluding hydrogens is 567 g/mol. The second kappa shape index (κ2) is 11.1. The minimum absolute atomic E-state index is 0.00505. The Morgan fingerprint density at radius 2 is 1.57 bits per heavy atom. The lowest BCUT2D eigenvalue weighted by molar-refractivity contribution is -0.137. The molecule has 0 bridgehead atoms. The average molecular weight is 591 g/mol. The number of rotatable bonds is 7. The predicted octanol–water partition coefficient (Wildman–Crippen LogP) is 7.54. The van der Waals surface area contributed by atoms with E-state index in [4.69, 9.17) is 11.6 Å². The maximum absolute atomic E-state index is 14.0. The van der Waals surface area contributed by atoms with Gasteiger partial charge in [0.05, 0.1) is 33.2 Å². The third kappa shape index (κ3) is 6.09. The van der Waals surface area contributed by atoms with Gasteiger partial charge in [-0.2, -0.15) is 13.2 Å². The van der Waals surface area contributed by atoms with Crippen molar-refractivity contribution < 1.29 is 18.0 Å². The topological polar surface area (TPSA) is 37.3 Å². The molecule has 3 aromatic carbocycles. The number of hydrogen-bond acceptors (Lipinski definition) is 2. The number of para-hydroxylation sites is 1. The quantitative estimate of drug-likeness (QED) is 0.242. The summed E-state index contributed by atoms with van der Waals surface area (Å²) in [5.74, 6) is -0.313. The zero-order valence-corrected chi connectivity index (χ0v) is 22.5. The van der Waals surface area contributed by atoms with E-state index in [2.05, 4.69) is 21.2 Å². The molecule has 0 fully saturated rings. The molecule has 0 atom stereocenters. The molecule has 0 spiro atoms. The van der Waals surface area contributed by atoms with E-state index < -0.39 is 11.7 Å². The van der Waals surface area contributed by atoms with Crippen LogP contribution in [0.4, 0.5) is 13.2 Å². The summed E-state index contributed by atoms with van der Waals surface area (Å²) in [5, 5.41) is 3.03. The molecule has 0 saturated heterocycles. The van der Waals surface area contributed by atoms with Gasteiger partial charge in [-0.3, -0.25) is 4.79 Å². The van der Waals surface area contributed by atoms with E-state index in [1.165, 1.54) is 12.1 Å². The Labute approximate surface area is 226 Å². The SMILES string of the molecule is CN(C)CCNC(=O)c1ccc(-c2ccc(-c3ccc(Br)cc3)n2-c2ccccc2C(F)(F)F)cc1Cl. The molecule has 0 saturated carbocycles. The first-order valence-electron chi connectivity index (χ1n) is 11.4. The summed E-state index contributed by atoms with van der Waals surface area (Å²) in [7, 11) is 3.81. The second-order valence-electron chi connectivity index (χ2n) is 8.71. The summed E-state index contributed by atoms with van der Waals surface area (Å²) in [5.41, 5.74) is 1.95. The Kier molecular flexibility index (Phi) is 8.11. The molecule has 1 amide bonds. The smallest absolute Gasteiger partial charge is 0.351 e. The van der Waals surface area contributed by atoms with Gasteiger partial charge in [-0.1, -0.05) is 57.9 Å². The zero-order valence-electron chi connectivity index (χ0n) is 20.1. The summed E-state index contributed by atoms with van der Waals surface area (Å²) < 4.78 is 44.5. The van der Waals surface area contributed by atoms with Crippen molar-refractivity contribution in [2.75, 3.05) is 27.2 Å². The van der Waals surface area contributed by atoms with Crippen molar-refractivity contribution in [2.24, 2.45) is 0 Å². The van der Waals surface area contributed by atoms with Crippen molar-refractivity contribution in [3.8, 4) is 28.2 Å².